The third-order valence-electron chi connectivity index (χ3n) is 8.30. The van der Waals surface area contributed by atoms with E-state index >= 15 is 0 Å². The fourth-order valence-corrected chi connectivity index (χ4v) is 6.48. The minimum Gasteiger partial charge on any atom is -0.507 e. The number of fused-ring (bicyclic) bond motifs is 3. The smallest absolute Gasteiger partial charge is 0.235 e. The number of carbonyl (C=O) groups is 5. The molecule has 0 aromatic heterocycles. The molecule has 186 valence electrons. The summed E-state index contributed by atoms with van der Waals surface area (Å²) in [6.45, 7) is 2.35. The molecule has 1 aliphatic heterocycles. The fourth-order valence-electron chi connectivity index (χ4n) is 6.48. The van der Waals surface area contributed by atoms with Gasteiger partial charge in [-0.15, -0.1) is 0 Å². The Morgan fingerprint density at radius 1 is 1.11 bits per heavy atom. The number of carbonyl (C=O) groups excluding carboxylic acids is 5. The fraction of sp³-hybridized carbons (Fsp3) is 0.560. The Balaban J connectivity index is 1.48. The second-order valence-corrected chi connectivity index (χ2v) is 10.2. The Labute approximate surface area is 201 Å². The van der Waals surface area contributed by atoms with Gasteiger partial charge in [0.1, 0.15) is 5.75 Å². The highest BCUT2D eigenvalue weighted by Crippen LogP contribution is 2.50. The third-order valence-corrected chi connectivity index (χ3v) is 8.30. The summed E-state index contributed by atoms with van der Waals surface area (Å²) in [6, 6.07) is 3.52. The van der Waals surface area contributed by atoms with E-state index in [0.717, 1.165) is 31.5 Å². The van der Waals surface area contributed by atoms with Gasteiger partial charge in [-0.05, 0) is 61.9 Å². The molecule has 1 saturated heterocycles. The van der Waals surface area contributed by atoms with Crippen LogP contribution in [-0.4, -0.2) is 64.0 Å². The van der Waals surface area contributed by atoms with Gasteiger partial charge in [0.15, 0.2) is 34.7 Å². The van der Waals surface area contributed by atoms with Crippen molar-refractivity contribution in [2.45, 2.75) is 50.3 Å². The molecule has 4 aliphatic rings. The van der Waals surface area contributed by atoms with Crippen LogP contribution < -0.4 is 16.4 Å². The number of piperidine rings is 1. The first kappa shape index (κ1) is 23.8. The molecule has 1 amide bonds. The number of nitrogens with one attached hydrogen (secondary N) is 2. The molecule has 0 bridgehead atoms. The molecule has 10 heteroatoms. The predicted octanol–water partition coefficient (Wildman–Crippen LogP) is -0.831. The number of hydrogen-bond acceptors (Lipinski definition) is 9. The maximum absolute atomic E-state index is 13.6. The van der Waals surface area contributed by atoms with E-state index in [-0.39, 0.29) is 24.2 Å². The summed E-state index contributed by atoms with van der Waals surface area (Å²) >= 11 is 0. The van der Waals surface area contributed by atoms with Crippen molar-refractivity contribution in [3.63, 3.8) is 0 Å². The molecule has 3 aliphatic carbocycles. The highest BCUT2D eigenvalue weighted by atomic mass is 16.3. The largest absolute Gasteiger partial charge is 0.507 e. The number of phenols is 1. The second kappa shape index (κ2) is 8.61. The van der Waals surface area contributed by atoms with Crippen molar-refractivity contribution in [3.05, 3.63) is 28.8 Å². The van der Waals surface area contributed by atoms with Crippen LogP contribution in [-0.2, 0) is 32.1 Å². The molecule has 10 nitrogen and oxygen atoms in total. The van der Waals surface area contributed by atoms with E-state index in [1.807, 2.05) is 0 Å². The van der Waals surface area contributed by atoms with Crippen molar-refractivity contribution in [2.75, 3.05) is 13.1 Å². The maximum atomic E-state index is 13.6. The number of phenolic OH excluding ortho intramolecular Hbond substituents is 1. The Morgan fingerprint density at radius 2 is 1.83 bits per heavy atom. The van der Waals surface area contributed by atoms with Gasteiger partial charge in [-0.2, -0.15) is 0 Å². The van der Waals surface area contributed by atoms with Gasteiger partial charge < -0.3 is 26.6 Å². The Hall–Kier alpha value is -2.95. The van der Waals surface area contributed by atoms with Gasteiger partial charge in [-0.25, -0.2) is 0 Å². The van der Waals surface area contributed by atoms with Crippen LogP contribution in [0.15, 0.2) is 12.1 Å². The number of rotatable bonds is 4. The molecule has 1 aromatic rings. The summed E-state index contributed by atoms with van der Waals surface area (Å²) in [5.41, 5.74) is 4.12. The SMILES string of the molecule is NC(=O)C1C(=O)C[C@@H]2C[C@@H]3Cc4c(CNC5CCNCC5)ccc(O)c4C(=O)C3C(=O)[C@]2(O)C1=O. The van der Waals surface area contributed by atoms with Gasteiger partial charge in [0.25, 0.3) is 0 Å². The number of primary amides is 1. The minimum atomic E-state index is -2.62. The normalized spacial score (nSPS) is 33.2. The molecule has 1 aromatic carbocycles. The minimum absolute atomic E-state index is 0.0389. The van der Waals surface area contributed by atoms with Crippen molar-refractivity contribution >= 4 is 29.0 Å². The Kier molecular flexibility index (Phi) is 5.85. The van der Waals surface area contributed by atoms with Gasteiger partial charge in [-0.1, -0.05) is 6.07 Å². The molecule has 0 spiro atoms. The summed E-state index contributed by atoms with van der Waals surface area (Å²) in [6.07, 6.45) is 2.01. The first-order valence-corrected chi connectivity index (χ1v) is 12.1. The maximum Gasteiger partial charge on any atom is 0.235 e. The van der Waals surface area contributed by atoms with Crippen LogP contribution >= 0.6 is 0 Å². The zero-order chi connectivity index (χ0) is 25.1. The lowest BCUT2D eigenvalue weighted by Crippen LogP contribution is -2.68. The van der Waals surface area contributed by atoms with Crippen molar-refractivity contribution in [2.24, 2.45) is 29.4 Å². The number of nitrogens with two attached hydrogens (primary N) is 1. The number of hydrogen-bond donors (Lipinski definition) is 5. The zero-order valence-electron chi connectivity index (χ0n) is 19.2. The van der Waals surface area contributed by atoms with Crippen molar-refractivity contribution in [1.82, 2.24) is 10.6 Å². The van der Waals surface area contributed by atoms with Crippen LogP contribution in [0.2, 0.25) is 0 Å². The molecular weight excluding hydrogens is 454 g/mol. The molecule has 6 N–H and O–H groups in total. The number of amides is 1. The molecule has 1 heterocycles. The quantitative estimate of drug-likeness (QED) is 0.342. The summed E-state index contributed by atoms with van der Waals surface area (Å²) in [5.74, 6) is -9.86. The van der Waals surface area contributed by atoms with Crippen LogP contribution in [0.1, 0.15) is 47.2 Å². The Bertz CT molecular complexity index is 1140. The Morgan fingerprint density at radius 3 is 2.51 bits per heavy atom. The van der Waals surface area contributed by atoms with Crippen molar-refractivity contribution in [3.8, 4) is 5.75 Å². The van der Waals surface area contributed by atoms with E-state index in [1.165, 1.54) is 6.07 Å². The van der Waals surface area contributed by atoms with Crippen LogP contribution in [0.3, 0.4) is 0 Å². The molecular formula is C25H29N3O7. The number of ketones is 4. The van der Waals surface area contributed by atoms with Crippen LogP contribution in [0, 0.1) is 23.7 Å². The molecule has 0 radical (unpaired) electrons. The summed E-state index contributed by atoms with van der Waals surface area (Å²) in [5, 5.41) is 28.6. The van der Waals surface area contributed by atoms with Gasteiger partial charge in [-0.3, -0.25) is 24.0 Å². The van der Waals surface area contributed by atoms with E-state index in [9.17, 15) is 34.2 Å². The average Bonchev–Trinajstić information content (AvgIpc) is 2.81. The first-order chi connectivity index (χ1) is 16.6. The van der Waals surface area contributed by atoms with Gasteiger partial charge in [0.05, 0.1) is 11.5 Å². The number of aliphatic hydroxyl groups is 1. The van der Waals surface area contributed by atoms with Gasteiger partial charge in [0.2, 0.25) is 5.91 Å². The topological polar surface area (TPSA) is 176 Å². The first-order valence-electron chi connectivity index (χ1n) is 12.1. The number of Topliss-reactive ketones (excluding diaryl/α,β-unsaturated/α-hetero) is 4. The molecule has 3 fully saturated rings. The molecule has 5 atom stereocenters. The molecule has 2 unspecified atom stereocenters. The van der Waals surface area contributed by atoms with E-state index in [4.69, 9.17) is 5.73 Å². The van der Waals surface area contributed by atoms with Crippen molar-refractivity contribution < 1.29 is 34.2 Å². The van der Waals surface area contributed by atoms with Gasteiger partial charge >= 0.3 is 0 Å². The highest BCUT2D eigenvalue weighted by molar-refractivity contribution is 6.31. The zero-order valence-corrected chi connectivity index (χ0v) is 19.2. The van der Waals surface area contributed by atoms with Gasteiger partial charge in [0, 0.05) is 24.9 Å². The van der Waals surface area contributed by atoms with Crippen LogP contribution in [0.4, 0.5) is 0 Å². The summed E-state index contributed by atoms with van der Waals surface area (Å²) in [4.78, 5) is 64.2. The lowest BCUT2D eigenvalue weighted by molar-refractivity contribution is -0.175. The summed E-state index contributed by atoms with van der Waals surface area (Å²) < 4.78 is 0. The van der Waals surface area contributed by atoms with E-state index in [2.05, 4.69) is 10.6 Å². The third kappa shape index (κ3) is 3.62. The average molecular weight is 484 g/mol. The van der Waals surface area contributed by atoms with E-state index in [0.29, 0.717) is 24.6 Å². The number of benzene rings is 1. The molecule has 5 rings (SSSR count). The predicted molar refractivity (Wildman–Crippen MR) is 121 cm³/mol. The highest BCUT2D eigenvalue weighted by Gasteiger charge is 2.66. The van der Waals surface area contributed by atoms with E-state index in [1.54, 1.807) is 6.07 Å². The van der Waals surface area contributed by atoms with Crippen LogP contribution in [0.25, 0.3) is 0 Å². The number of aromatic hydroxyl groups is 1. The molecule has 2 saturated carbocycles. The lowest BCUT2D eigenvalue weighted by atomic mass is 9.53. The lowest BCUT2D eigenvalue weighted by Gasteiger charge is -2.48. The second-order valence-electron chi connectivity index (χ2n) is 10.2. The summed E-state index contributed by atoms with van der Waals surface area (Å²) in [7, 11) is 0. The van der Waals surface area contributed by atoms with E-state index < -0.39 is 58.3 Å². The van der Waals surface area contributed by atoms with Crippen LogP contribution in [0.5, 0.6) is 5.75 Å². The monoisotopic (exact) mass is 483 g/mol. The molecule has 35 heavy (non-hydrogen) atoms. The van der Waals surface area contributed by atoms with Crippen molar-refractivity contribution in [1.29, 1.82) is 0 Å². The standard InChI is InChI=1S/C25H29N3O7/c26-24(34)20-17(30)9-13-7-12-8-15-11(10-28-14-3-5-27-6-4-14)1-2-16(29)19(15)21(31)18(12)22(32)25(13,35)23(20)33/h1-2,12-14,18,20,27-29,35H,3-10H2,(H2,26,34)/t12-,13+,18?,20?,25+/m1/s1.